The number of carboxylic acids is 1. The smallest absolute Gasteiger partial charge is 0.328 e. The molecule has 1 rings (SSSR count). The molecule has 2 atom stereocenters. The molecule has 0 aromatic carbocycles. The minimum atomic E-state index is -1.20. The van der Waals surface area contributed by atoms with Gasteiger partial charge in [0.2, 0.25) is 5.91 Å². The average Bonchev–Trinajstić information content (AvgIpc) is 2.65. The van der Waals surface area contributed by atoms with Crippen LogP contribution >= 0.6 is 11.8 Å². The van der Waals surface area contributed by atoms with Crippen molar-refractivity contribution >= 4 is 23.6 Å². The number of aliphatic carboxylic acids is 1. The van der Waals surface area contributed by atoms with E-state index in [1.165, 1.54) is 11.8 Å². The molecular formula is C8H13NO4S. The summed E-state index contributed by atoms with van der Waals surface area (Å²) in [7, 11) is 0. The van der Waals surface area contributed by atoms with Crippen LogP contribution in [0.5, 0.6) is 0 Å². The second kappa shape index (κ2) is 5.21. The van der Waals surface area contributed by atoms with E-state index in [0.29, 0.717) is 0 Å². The average molecular weight is 219 g/mol. The Bertz CT molecular complexity index is 227. The van der Waals surface area contributed by atoms with E-state index in [0.717, 1.165) is 18.6 Å². The van der Waals surface area contributed by atoms with Gasteiger partial charge in [-0.05, 0) is 18.6 Å². The van der Waals surface area contributed by atoms with Crippen molar-refractivity contribution in [1.82, 2.24) is 5.32 Å². The summed E-state index contributed by atoms with van der Waals surface area (Å²) in [6, 6.07) is -1.18. The highest BCUT2D eigenvalue weighted by Gasteiger charge is 2.27. The lowest BCUT2D eigenvalue weighted by molar-refractivity contribution is -0.142. The molecule has 0 saturated carbocycles. The largest absolute Gasteiger partial charge is 0.480 e. The Morgan fingerprint density at radius 1 is 1.57 bits per heavy atom. The molecule has 3 N–H and O–H groups in total. The number of carbonyl (C=O) groups is 2. The maximum Gasteiger partial charge on any atom is 0.328 e. The normalized spacial score (nSPS) is 23.1. The van der Waals surface area contributed by atoms with Gasteiger partial charge < -0.3 is 15.5 Å². The molecule has 0 bridgehead atoms. The molecule has 5 nitrogen and oxygen atoms in total. The fourth-order valence-electron chi connectivity index (χ4n) is 1.23. The molecule has 1 aliphatic rings. The number of amides is 1. The highest BCUT2D eigenvalue weighted by molar-refractivity contribution is 8.00. The fraction of sp³-hybridized carbons (Fsp3) is 0.750. The maximum absolute atomic E-state index is 11.4. The topological polar surface area (TPSA) is 86.6 Å². The number of carboxylic acid groups (broad SMARTS) is 1. The zero-order valence-electron chi connectivity index (χ0n) is 7.60. The third kappa shape index (κ3) is 2.88. The minimum absolute atomic E-state index is 0.150. The molecule has 1 heterocycles. The first kappa shape index (κ1) is 11.3. The Kier molecular flexibility index (Phi) is 4.21. The molecule has 1 amide bonds. The predicted octanol–water partition coefficient (Wildman–Crippen LogP) is -0.556. The van der Waals surface area contributed by atoms with Crippen LogP contribution in [0.4, 0.5) is 0 Å². The quantitative estimate of drug-likeness (QED) is 0.590. The molecule has 14 heavy (non-hydrogen) atoms. The number of carbonyl (C=O) groups excluding carboxylic acids is 1. The summed E-state index contributed by atoms with van der Waals surface area (Å²) in [6.45, 7) is -0.571. The van der Waals surface area contributed by atoms with Gasteiger partial charge in [-0.15, -0.1) is 11.8 Å². The Morgan fingerprint density at radius 3 is 2.71 bits per heavy atom. The van der Waals surface area contributed by atoms with Crippen LogP contribution in [-0.4, -0.2) is 45.7 Å². The monoisotopic (exact) mass is 219 g/mol. The Morgan fingerprint density at radius 2 is 2.29 bits per heavy atom. The SMILES string of the molecule is O=C(N[C@@H](CO)C(=O)O)C1CCCS1. The van der Waals surface area contributed by atoms with Gasteiger partial charge >= 0.3 is 5.97 Å². The molecule has 1 saturated heterocycles. The van der Waals surface area contributed by atoms with Crippen LogP contribution in [-0.2, 0) is 9.59 Å². The number of hydrogen-bond acceptors (Lipinski definition) is 4. The molecule has 0 spiro atoms. The highest BCUT2D eigenvalue weighted by atomic mass is 32.2. The maximum atomic E-state index is 11.4. The van der Waals surface area contributed by atoms with E-state index >= 15 is 0 Å². The molecule has 0 radical (unpaired) electrons. The Hall–Kier alpha value is -0.750. The predicted molar refractivity (Wildman–Crippen MR) is 52.1 cm³/mol. The first-order valence-corrected chi connectivity index (χ1v) is 5.45. The second-order valence-electron chi connectivity index (χ2n) is 3.08. The van der Waals surface area contributed by atoms with Crippen molar-refractivity contribution in [1.29, 1.82) is 0 Å². The van der Waals surface area contributed by atoms with Gasteiger partial charge in [0.25, 0.3) is 0 Å². The molecule has 1 aliphatic heterocycles. The Balaban J connectivity index is 2.41. The van der Waals surface area contributed by atoms with Crippen LogP contribution in [0.25, 0.3) is 0 Å². The third-order valence-corrected chi connectivity index (χ3v) is 3.40. The molecule has 0 aliphatic carbocycles. The first-order valence-electron chi connectivity index (χ1n) is 4.40. The van der Waals surface area contributed by atoms with E-state index in [4.69, 9.17) is 10.2 Å². The molecule has 0 aromatic heterocycles. The summed E-state index contributed by atoms with van der Waals surface area (Å²) < 4.78 is 0. The molecule has 1 unspecified atom stereocenters. The minimum Gasteiger partial charge on any atom is -0.480 e. The van der Waals surface area contributed by atoms with Crippen molar-refractivity contribution in [2.45, 2.75) is 24.1 Å². The van der Waals surface area contributed by atoms with Gasteiger partial charge in [-0.1, -0.05) is 0 Å². The lowest BCUT2D eigenvalue weighted by atomic mass is 10.2. The molecular weight excluding hydrogens is 206 g/mol. The van der Waals surface area contributed by atoms with Crippen molar-refractivity contribution < 1.29 is 19.8 Å². The number of nitrogens with one attached hydrogen (secondary N) is 1. The molecule has 0 aromatic rings. The van der Waals surface area contributed by atoms with Crippen molar-refractivity contribution in [2.24, 2.45) is 0 Å². The summed E-state index contributed by atoms with van der Waals surface area (Å²) >= 11 is 1.53. The van der Waals surface area contributed by atoms with Crippen molar-refractivity contribution in [3.05, 3.63) is 0 Å². The zero-order valence-corrected chi connectivity index (χ0v) is 8.42. The highest BCUT2D eigenvalue weighted by Crippen LogP contribution is 2.26. The lowest BCUT2D eigenvalue weighted by Crippen LogP contribution is -2.46. The van der Waals surface area contributed by atoms with Gasteiger partial charge in [-0.3, -0.25) is 4.79 Å². The number of thioether (sulfide) groups is 1. The summed E-state index contributed by atoms with van der Waals surface area (Å²) in [4.78, 5) is 21.9. The number of hydrogen-bond donors (Lipinski definition) is 3. The van der Waals surface area contributed by atoms with E-state index in [9.17, 15) is 9.59 Å². The van der Waals surface area contributed by atoms with Gasteiger partial charge in [0.1, 0.15) is 6.04 Å². The second-order valence-corrected chi connectivity index (χ2v) is 4.39. The fourth-order valence-corrected chi connectivity index (χ4v) is 2.41. The van der Waals surface area contributed by atoms with Gasteiger partial charge in [-0.25, -0.2) is 4.79 Å². The Labute approximate surface area is 85.9 Å². The molecule has 80 valence electrons. The van der Waals surface area contributed by atoms with Gasteiger partial charge in [0.15, 0.2) is 0 Å². The summed E-state index contributed by atoms with van der Waals surface area (Å²) in [6.07, 6.45) is 1.77. The third-order valence-electron chi connectivity index (χ3n) is 2.02. The number of rotatable bonds is 4. The van der Waals surface area contributed by atoms with Crippen LogP contribution < -0.4 is 5.32 Å². The van der Waals surface area contributed by atoms with Crippen molar-refractivity contribution in [3.63, 3.8) is 0 Å². The summed E-state index contributed by atoms with van der Waals surface area (Å²) in [5.41, 5.74) is 0. The van der Waals surface area contributed by atoms with Crippen molar-refractivity contribution in [2.75, 3.05) is 12.4 Å². The van der Waals surface area contributed by atoms with E-state index in [-0.39, 0.29) is 11.2 Å². The van der Waals surface area contributed by atoms with Crippen LogP contribution in [0.3, 0.4) is 0 Å². The molecule has 6 heteroatoms. The van der Waals surface area contributed by atoms with E-state index in [1.54, 1.807) is 0 Å². The number of aliphatic hydroxyl groups excluding tert-OH is 1. The van der Waals surface area contributed by atoms with E-state index < -0.39 is 18.6 Å². The summed E-state index contributed by atoms with van der Waals surface area (Å²) in [5.74, 6) is -0.549. The van der Waals surface area contributed by atoms with Gasteiger partial charge in [0.05, 0.1) is 11.9 Å². The summed E-state index contributed by atoms with van der Waals surface area (Å²) in [5, 5.41) is 19.4. The van der Waals surface area contributed by atoms with E-state index in [2.05, 4.69) is 5.32 Å². The van der Waals surface area contributed by atoms with Crippen LogP contribution in [0, 0.1) is 0 Å². The van der Waals surface area contributed by atoms with Gasteiger partial charge in [-0.2, -0.15) is 0 Å². The van der Waals surface area contributed by atoms with Crippen LogP contribution in [0.1, 0.15) is 12.8 Å². The standard InChI is InChI=1S/C8H13NO4S/c10-4-5(8(12)13)9-7(11)6-2-1-3-14-6/h5-6,10H,1-4H2,(H,9,11)(H,12,13)/t5-,6?/m0/s1. The van der Waals surface area contributed by atoms with Crippen LogP contribution in [0.15, 0.2) is 0 Å². The van der Waals surface area contributed by atoms with E-state index in [1.807, 2.05) is 0 Å². The van der Waals surface area contributed by atoms with Gasteiger partial charge in [0, 0.05) is 0 Å². The number of aliphatic hydroxyl groups is 1. The molecule has 1 fully saturated rings. The lowest BCUT2D eigenvalue weighted by Gasteiger charge is -2.14. The zero-order chi connectivity index (χ0) is 10.6. The van der Waals surface area contributed by atoms with Crippen molar-refractivity contribution in [3.8, 4) is 0 Å². The first-order chi connectivity index (χ1) is 6.65. The van der Waals surface area contributed by atoms with Crippen LogP contribution in [0.2, 0.25) is 0 Å².